The predicted octanol–water partition coefficient (Wildman–Crippen LogP) is 3.19. The molecule has 1 aliphatic carbocycles. The molecule has 0 spiro atoms. The number of hydrogen-bond donors (Lipinski definition) is 1. The molecule has 0 amide bonds. The van der Waals surface area contributed by atoms with E-state index >= 15 is 0 Å². The Bertz CT molecular complexity index is 301. The highest BCUT2D eigenvalue weighted by atomic mass is 35.5. The van der Waals surface area contributed by atoms with E-state index in [2.05, 4.69) is 19.0 Å². The molecule has 1 unspecified atom stereocenters. The van der Waals surface area contributed by atoms with Gasteiger partial charge in [-0.3, -0.25) is 0 Å². The van der Waals surface area contributed by atoms with Crippen molar-refractivity contribution in [2.45, 2.75) is 18.9 Å². The standard InChI is InChI=1S/C9H9ClOS/c10-7-3-1-2-6-4-5-8(11-12)9(6)7/h1-3,8,12H,4-5H2. The van der Waals surface area contributed by atoms with Crippen molar-refractivity contribution < 1.29 is 4.18 Å². The van der Waals surface area contributed by atoms with E-state index < -0.39 is 0 Å². The van der Waals surface area contributed by atoms with Crippen LogP contribution in [0.4, 0.5) is 0 Å². The molecule has 0 aromatic heterocycles. The smallest absolute Gasteiger partial charge is 0.0989 e. The minimum Gasteiger partial charge on any atom is -0.310 e. The monoisotopic (exact) mass is 200 g/mol. The average molecular weight is 201 g/mol. The van der Waals surface area contributed by atoms with E-state index in [0.29, 0.717) is 0 Å². The average Bonchev–Trinajstić information content (AvgIpc) is 2.49. The molecule has 0 aliphatic heterocycles. The van der Waals surface area contributed by atoms with E-state index in [4.69, 9.17) is 15.8 Å². The van der Waals surface area contributed by atoms with Gasteiger partial charge < -0.3 is 4.18 Å². The Balaban J connectivity index is 2.48. The molecule has 0 fully saturated rings. The van der Waals surface area contributed by atoms with E-state index in [1.807, 2.05) is 12.1 Å². The van der Waals surface area contributed by atoms with Gasteiger partial charge in [-0.15, -0.1) is 0 Å². The summed E-state index contributed by atoms with van der Waals surface area (Å²) in [5, 5.41) is 0.795. The number of halogens is 1. The number of fused-ring (bicyclic) bond motifs is 1. The largest absolute Gasteiger partial charge is 0.310 e. The van der Waals surface area contributed by atoms with E-state index in [0.717, 1.165) is 23.4 Å². The SMILES string of the molecule is SOC1CCc2cccc(Cl)c21. The summed E-state index contributed by atoms with van der Waals surface area (Å²) >= 11 is 9.86. The van der Waals surface area contributed by atoms with Gasteiger partial charge in [0.15, 0.2) is 0 Å². The first-order chi connectivity index (χ1) is 5.83. The quantitative estimate of drug-likeness (QED) is 0.541. The van der Waals surface area contributed by atoms with Crippen molar-refractivity contribution in [1.29, 1.82) is 0 Å². The highest BCUT2D eigenvalue weighted by Crippen LogP contribution is 2.38. The summed E-state index contributed by atoms with van der Waals surface area (Å²) in [6.07, 6.45) is 2.11. The van der Waals surface area contributed by atoms with Gasteiger partial charge in [0.25, 0.3) is 0 Å². The van der Waals surface area contributed by atoms with Crippen molar-refractivity contribution in [2.75, 3.05) is 0 Å². The molecule has 3 heteroatoms. The number of thiol groups is 1. The summed E-state index contributed by atoms with van der Waals surface area (Å²) in [5.41, 5.74) is 2.41. The molecule has 1 aromatic carbocycles. The minimum atomic E-state index is 0.0806. The first-order valence-electron chi connectivity index (χ1n) is 3.90. The van der Waals surface area contributed by atoms with Crippen molar-refractivity contribution in [3.8, 4) is 0 Å². The van der Waals surface area contributed by atoms with Crippen molar-refractivity contribution in [3.05, 3.63) is 34.3 Å². The zero-order chi connectivity index (χ0) is 8.55. The lowest BCUT2D eigenvalue weighted by Gasteiger charge is -2.08. The van der Waals surface area contributed by atoms with Crippen LogP contribution in [0.25, 0.3) is 0 Å². The molecular formula is C9H9ClOS. The normalized spacial score (nSPS) is 21.0. The second kappa shape index (κ2) is 3.29. The van der Waals surface area contributed by atoms with Crippen LogP contribution in [0.3, 0.4) is 0 Å². The molecule has 0 saturated carbocycles. The highest BCUT2D eigenvalue weighted by molar-refractivity contribution is 7.75. The fourth-order valence-electron chi connectivity index (χ4n) is 1.70. The Morgan fingerprint density at radius 1 is 1.50 bits per heavy atom. The van der Waals surface area contributed by atoms with Crippen LogP contribution in [0, 0.1) is 0 Å². The molecule has 1 nitrogen and oxygen atoms in total. The van der Waals surface area contributed by atoms with E-state index in [9.17, 15) is 0 Å². The maximum atomic E-state index is 6.03. The second-order valence-electron chi connectivity index (χ2n) is 2.95. The van der Waals surface area contributed by atoms with Crippen LogP contribution in [-0.2, 0) is 10.6 Å². The Morgan fingerprint density at radius 3 is 3.08 bits per heavy atom. The summed E-state index contributed by atoms with van der Waals surface area (Å²) in [5.74, 6) is 0. The van der Waals surface area contributed by atoms with Crippen LogP contribution in [0.5, 0.6) is 0 Å². The lowest BCUT2D eigenvalue weighted by molar-refractivity contribution is 0.255. The minimum absolute atomic E-state index is 0.0806. The first-order valence-corrected chi connectivity index (χ1v) is 4.64. The zero-order valence-electron chi connectivity index (χ0n) is 6.46. The highest BCUT2D eigenvalue weighted by Gasteiger charge is 2.24. The summed E-state index contributed by atoms with van der Waals surface area (Å²) in [7, 11) is 0. The molecule has 0 saturated heterocycles. The lowest BCUT2D eigenvalue weighted by Crippen LogP contribution is -1.92. The van der Waals surface area contributed by atoms with Crippen molar-refractivity contribution in [1.82, 2.24) is 0 Å². The van der Waals surface area contributed by atoms with Crippen LogP contribution in [0.2, 0.25) is 5.02 Å². The Labute approximate surface area is 82.3 Å². The maximum absolute atomic E-state index is 6.03. The van der Waals surface area contributed by atoms with Crippen molar-refractivity contribution in [3.63, 3.8) is 0 Å². The Kier molecular flexibility index (Phi) is 2.31. The van der Waals surface area contributed by atoms with E-state index in [1.54, 1.807) is 0 Å². The number of aryl methyl sites for hydroxylation is 1. The van der Waals surface area contributed by atoms with Crippen LogP contribution in [-0.4, -0.2) is 0 Å². The van der Waals surface area contributed by atoms with Crippen LogP contribution in [0.1, 0.15) is 23.7 Å². The fraction of sp³-hybridized carbons (Fsp3) is 0.333. The molecule has 0 N–H and O–H groups in total. The number of rotatable bonds is 1. The molecule has 0 heterocycles. The van der Waals surface area contributed by atoms with E-state index in [1.165, 1.54) is 5.56 Å². The summed E-state index contributed by atoms with van der Waals surface area (Å²) in [6.45, 7) is 0. The van der Waals surface area contributed by atoms with Gasteiger partial charge in [0.1, 0.15) is 0 Å². The topological polar surface area (TPSA) is 9.23 Å². The summed E-state index contributed by atoms with van der Waals surface area (Å²) < 4.78 is 5.03. The Morgan fingerprint density at radius 2 is 2.33 bits per heavy atom. The molecular weight excluding hydrogens is 192 g/mol. The summed E-state index contributed by atoms with van der Waals surface area (Å²) in [4.78, 5) is 0. The molecule has 0 radical (unpaired) electrons. The third kappa shape index (κ3) is 1.24. The molecule has 1 aromatic rings. The predicted molar refractivity (Wildman–Crippen MR) is 52.6 cm³/mol. The van der Waals surface area contributed by atoms with Gasteiger partial charge in [-0.25, -0.2) is 0 Å². The van der Waals surface area contributed by atoms with E-state index in [-0.39, 0.29) is 6.10 Å². The number of hydrogen-bond acceptors (Lipinski definition) is 2. The third-order valence-corrected chi connectivity index (χ3v) is 2.85. The summed E-state index contributed by atoms with van der Waals surface area (Å²) in [6, 6.07) is 5.96. The molecule has 2 rings (SSSR count). The van der Waals surface area contributed by atoms with Gasteiger partial charge in [-0.05, 0) is 37.4 Å². The molecule has 64 valence electrons. The van der Waals surface area contributed by atoms with Crippen LogP contribution >= 0.6 is 24.5 Å². The van der Waals surface area contributed by atoms with Gasteiger partial charge in [0.05, 0.1) is 6.10 Å². The lowest BCUT2D eigenvalue weighted by atomic mass is 10.1. The van der Waals surface area contributed by atoms with Gasteiger partial charge in [-0.1, -0.05) is 23.7 Å². The first kappa shape index (κ1) is 8.42. The van der Waals surface area contributed by atoms with Gasteiger partial charge in [0.2, 0.25) is 0 Å². The van der Waals surface area contributed by atoms with Gasteiger partial charge in [-0.2, -0.15) is 0 Å². The molecule has 0 bridgehead atoms. The second-order valence-corrected chi connectivity index (χ2v) is 3.56. The van der Waals surface area contributed by atoms with Crippen molar-refractivity contribution in [2.24, 2.45) is 0 Å². The molecule has 1 aliphatic rings. The zero-order valence-corrected chi connectivity index (χ0v) is 8.11. The Hall–Kier alpha value is -0.180. The number of benzene rings is 1. The third-order valence-electron chi connectivity index (χ3n) is 2.27. The fourth-order valence-corrected chi connectivity index (χ4v) is 2.22. The van der Waals surface area contributed by atoms with Gasteiger partial charge >= 0.3 is 0 Å². The molecule has 12 heavy (non-hydrogen) atoms. The van der Waals surface area contributed by atoms with Crippen LogP contribution in [0.15, 0.2) is 18.2 Å². The maximum Gasteiger partial charge on any atom is 0.0989 e. The van der Waals surface area contributed by atoms with Crippen LogP contribution < -0.4 is 0 Å². The molecule has 1 atom stereocenters. The van der Waals surface area contributed by atoms with Crippen molar-refractivity contribution >= 4 is 24.5 Å². The van der Waals surface area contributed by atoms with Gasteiger partial charge in [0, 0.05) is 10.6 Å².